The lowest BCUT2D eigenvalue weighted by Crippen LogP contribution is -2.53. The molecule has 2 bridgehead atoms. The van der Waals surface area contributed by atoms with Gasteiger partial charge in [0.05, 0.1) is 13.2 Å². The van der Waals surface area contributed by atoms with E-state index in [0.717, 1.165) is 0 Å². The van der Waals surface area contributed by atoms with Crippen LogP contribution in [0.2, 0.25) is 0 Å². The third kappa shape index (κ3) is 3.04. The van der Waals surface area contributed by atoms with Crippen molar-refractivity contribution in [3.63, 3.8) is 0 Å². The molecule has 2 unspecified atom stereocenters. The Hall–Kier alpha value is -3.00. The van der Waals surface area contributed by atoms with E-state index < -0.39 is 17.6 Å². The molecule has 2 heterocycles. The molecule has 0 radical (unpaired) electrons. The second-order valence-corrected chi connectivity index (χ2v) is 7.27. The summed E-state index contributed by atoms with van der Waals surface area (Å²) in [6.07, 6.45) is 3.78. The quantitative estimate of drug-likeness (QED) is 0.811. The maximum absolute atomic E-state index is 13.2. The van der Waals surface area contributed by atoms with Crippen LogP contribution in [0.5, 0.6) is 0 Å². The monoisotopic (exact) mass is 392 g/mol. The van der Waals surface area contributed by atoms with E-state index >= 15 is 0 Å². The van der Waals surface area contributed by atoms with Gasteiger partial charge in [0, 0.05) is 17.5 Å². The Kier molecular flexibility index (Phi) is 4.24. The van der Waals surface area contributed by atoms with Crippen LogP contribution in [-0.2, 0) is 14.3 Å². The third-order valence-electron chi connectivity index (χ3n) is 5.41. The molecular formula is C22H20N2O5. The second-order valence-electron chi connectivity index (χ2n) is 7.27. The van der Waals surface area contributed by atoms with Gasteiger partial charge in [0.15, 0.2) is 5.72 Å². The number of ether oxygens (including phenoxy) is 2. The highest BCUT2D eigenvalue weighted by Gasteiger charge is 2.61. The maximum Gasteiger partial charge on any atom is 0.277 e. The molecule has 1 aliphatic carbocycles. The molecule has 29 heavy (non-hydrogen) atoms. The Morgan fingerprint density at radius 3 is 2.17 bits per heavy atom. The van der Waals surface area contributed by atoms with E-state index in [0.29, 0.717) is 30.8 Å². The Labute approximate surface area is 167 Å². The molecule has 1 spiro atoms. The molecule has 0 saturated carbocycles. The molecule has 2 aromatic rings. The van der Waals surface area contributed by atoms with E-state index in [1.165, 1.54) is 5.06 Å². The Balaban J connectivity index is 1.47. The number of hydroxylamine groups is 2. The van der Waals surface area contributed by atoms with Gasteiger partial charge in [-0.25, -0.2) is 9.90 Å². The molecule has 148 valence electrons. The highest BCUT2D eigenvalue weighted by molar-refractivity contribution is 5.95. The molecule has 2 atom stereocenters. The van der Waals surface area contributed by atoms with E-state index in [2.05, 4.69) is 5.32 Å². The van der Waals surface area contributed by atoms with Crippen molar-refractivity contribution in [2.75, 3.05) is 13.2 Å². The summed E-state index contributed by atoms with van der Waals surface area (Å²) in [7, 11) is 0. The second kappa shape index (κ2) is 6.81. The molecule has 0 aromatic heterocycles. The molecule has 1 N–H and O–H groups in total. The van der Waals surface area contributed by atoms with Crippen molar-refractivity contribution in [2.45, 2.75) is 24.0 Å². The van der Waals surface area contributed by atoms with E-state index in [9.17, 15) is 9.59 Å². The first kappa shape index (κ1) is 18.1. The average Bonchev–Trinajstić information content (AvgIpc) is 3.36. The van der Waals surface area contributed by atoms with Gasteiger partial charge in [0.2, 0.25) is 5.79 Å². The van der Waals surface area contributed by atoms with E-state index in [1.54, 1.807) is 60.7 Å². The van der Waals surface area contributed by atoms with Crippen LogP contribution in [-0.4, -0.2) is 47.6 Å². The van der Waals surface area contributed by atoms with Gasteiger partial charge in [-0.05, 0) is 36.4 Å². The number of rotatable bonds is 3. The van der Waals surface area contributed by atoms with Gasteiger partial charge >= 0.3 is 0 Å². The van der Waals surface area contributed by atoms with Gasteiger partial charge in [0.25, 0.3) is 11.8 Å². The fourth-order valence-corrected chi connectivity index (χ4v) is 4.01. The first-order chi connectivity index (χ1) is 14.1. The zero-order chi connectivity index (χ0) is 19.9. The number of nitrogens with zero attached hydrogens (tertiary/aromatic N) is 1. The van der Waals surface area contributed by atoms with Gasteiger partial charge in [-0.15, -0.1) is 0 Å². The summed E-state index contributed by atoms with van der Waals surface area (Å²) in [5.41, 5.74) is -0.155. The summed E-state index contributed by atoms with van der Waals surface area (Å²) < 4.78 is 11.7. The van der Waals surface area contributed by atoms with E-state index in [1.807, 2.05) is 12.1 Å². The van der Waals surface area contributed by atoms with Gasteiger partial charge < -0.3 is 14.8 Å². The van der Waals surface area contributed by atoms with Crippen molar-refractivity contribution in [2.24, 2.45) is 0 Å². The summed E-state index contributed by atoms with van der Waals surface area (Å²) in [6.45, 7) is 0.856. The lowest BCUT2D eigenvalue weighted by molar-refractivity contribution is -0.208. The largest absolute Gasteiger partial charge is 0.342 e. The highest BCUT2D eigenvalue weighted by Crippen LogP contribution is 2.45. The van der Waals surface area contributed by atoms with Crippen LogP contribution in [0.4, 0.5) is 0 Å². The lowest BCUT2D eigenvalue weighted by Gasteiger charge is -2.35. The minimum Gasteiger partial charge on any atom is -0.342 e. The summed E-state index contributed by atoms with van der Waals surface area (Å²) in [5.74, 6) is -1.66. The topological polar surface area (TPSA) is 77.1 Å². The molecule has 2 aliphatic heterocycles. The van der Waals surface area contributed by atoms with Crippen LogP contribution in [0.3, 0.4) is 0 Å². The number of amides is 2. The van der Waals surface area contributed by atoms with E-state index in [-0.39, 0.29) is 11.8 Å². The van der Waals surface area contributed by atoms with Crippen LogP contribution in [0.1, 0.15) is 27.1 Å². The zero-order valence-corrected chi connectivity index (χ0v) is 15.6. The smallest absolute Gasteiger partial charge is 0.277 e. The number of hydrogen-bond acceptors (Lipinski definition) is 5. The standard InChI is InChI=1S/C22H20N2O5/c25-19(16-7-3-1-4-8-16)23-21-11-12-22(27-13-14-28-22)18(15-21)24(29-21)20(26)17-9-5-2-6-10-17/h1-12,18H,13-15H2,(H,23,25). The summed E-state index contributed by atoms with van der Waals surface area (Å²) in [6, 6.07) is 17.2. The van der Waals surface area contributed by atoms with Crippen molar-refractivity contribution in [3.8, 4) is 0 Å². The number of benzene rings is 2. The van der Waals surface area contributed by atoms with Crippen LogP contribution >= 0.6 is 0 Å². The van der Waals surface area contributed by atoms with Crippen LogP contribution in [0.25, 0.3) is 0 Å². The van der Waals surface area contributed by atoms with Crippen molar-refractivity contribution in [1.29, 1.82) is 0 Å². The van der Waals surface area contributed by atoms with Gasteiger partial charge in [-0.3, -0.25) is 9.59 Å². The molecule has 7 heteroatoms. The fourth-order valence-electron chi connectivity index (χ4n) is 4.01. The number of hydrogen-bond donors (Lipinski definition) is 1. The van der Waals surface area contributed by atoms with Gasteiger partial charge in [-0.1, -0.05) is 36.4 Å². The summed E-state index contributed by atoms with van der Waals surface area (Å²) >= 11 is 0. The van der Waals surface area contributed by atoms with Crippen molar-refractivity contribution in [3.05, 3.63) is 83.9 Å². The number of fused-ring (bicyclic) bond motifs is 3. The SMILES string of the molecule is O=C(NC12C=CC3(OCCO3)C(C1)N(C(=O)c1ccccc1)O2)c1ccccc1. The molecular weight excluding hydrogens is 372 g/mol. The van der Waals surface area contributed by atoms with Crippen LogP contribution in [0.15, 0.2) is 72.8 Å². The van der Waals surface area contributed by atoms with Crippen LogP contribution < -0.4 is 5.32 Å². The lowest BCUT2D eigenvalue weighted by atomic mass is 9.90. The molecule has 2 aromatic carbocycles. The highest BCUT2D eigenvalue weighted by atomic mass is 16.8. The Morgan fingerprint density at radius 2 is 1.52 bits per heavy atom. The van der Waals surface area contributed by atoms with Crippen molar-refractivity contribution < 1.29 is 23.9 Å². The Bertz CT molecular complexity index is 956. The first-order valence-electron chi connectivity index (χ1n) is 9.54. The zero-order valence-electron chi connectivity index (χ0n) is 15.6. The minimum atomic E-state index is -1.15. The molecule has 2 amide bonds. The predicted molar refractivity (Wildman–Crippen MR) is 103 cm³/mol. The molecule has 5 rings (SSSR count). The van der Waals surface area contributed by atoms with Gasteiger partial charge in [-0.2, -0.15) is 0 Å². The average molecular weight is 392 g/mol. The molecule has 2 saturated heterocycles. The van der Waals surface area contributed by atoms with Crippen molar-refractivity contribution >= 4 is 11.8 Å². The summed E-state index contributed by atoms with van der Waals surface area (Å²) in [5, 5.41) is 4.21. The van der Waals surface area contributed by atoms with Gasteiger partial charge in [0.1, 0.15) is 6.04 Å². The molecule has 3 aliphatic rings. The normalized spacial score (nSPS) is 26.6. The van der Waals surface area contributed by atoms with E-state index in [4.69, 9.17) is 14.3 Å². The predicted octanol–water partition coefficient (Wildman–Crippen LogP) is 2.27. The van der Waals surface area contributed by atoms with Crippen molar-refractivity contribution in [1.82, 2.24) is 10.4 Å². The first-order valence-corrected chi connectivity index (χ1v) is 9.54. The molecule has 2 fully saturated rings. The number of nitrogens with one attached hydrogen (secondary N) is 1. The summed E-state index contributed by atoms with van der Waals surface area (Å²) in [4.78, 5) is 32.0. The number of carbonyl (C=O) groups is 2. The fraction of sp³-hybridized carbons (Fsp3) is 0.273. The third-order valence-corrected chi connectivity index (χ3v) is 5.41. The molecule has 7 nitrogen and oxygen atoms in total. The van der Waals surface area contributed by atoms with Crippen LogP contribution in [0, 0.1) is 0 Å². The maximum atomic E-state index is 13.2. The Morgan fingerprint density at radius 1 is 0.897 bits per heavy atom. The minimum absolute atomic E-state index is 0.285. The number of carbonyl (C=O) groups excluding carboxylic acids is 2.